The zero-order valence-corrected chi connectivity index (χ0v) is 16.4. The molecule has 1 saturated carbocycles. The first-order valence-corrected chi connectivity index (χ1v) is 9.57. The SMILES string of the molecule is COc1ccc(-c2cnc(NCc3cccc(C)c3)nc2)cc1C1CC1C(=O)O. The van der Waals surface area contributed by atoms with Gasteiger partial charge in [0.25, 0.3) is 0 Å². The molecule has 1 aromatic heterocycles. The number of carboxylic acid groups (broad SMARTS) is 1. The van der Waals surface area contributed by atoms with Gasteiger partial charge in [0.1, 0.15) is 5.75 Å². The molecule has 1 aliphatic rings. The van der Waals surface area contributed by atoms with Crippen LogP contribution in [0, 0.1) is 12.8 Å². The van der Waals surface area contributed by atoms with Crippen molar-refractivity contribution >= 4 is 11.9 Å². The van der Waals surface area contributed by atoms with Gasteiger partial charge in [0.2, 0.25) is 5.95 Å². The van der Waals surface area contributed by atoms with Gasteiger partial charge >= 0.3 is 5.97 Å². The number of hydrogen-bond acceptors (Lipinski definition) is 5. The fraction of sp³-hybridized carbons (Fsp3) is 0.261. The molecule has 1 heterocycles. The number of ether oxygens (including phenoxy) is 1. The maximum Gasteiger partial charge on any atom is 0.307 e. The Hall–Kier alpha value is -3.41. The monoisotopic (exact) mass is 389 g/mol. The molecule has 4 rings (SSSR count). The number of aryl methyl sites for hydroxylation is 1. The summed E-state index contributed by atoms with van der Waals surface area (Å²) in [7, 11) is 1.61. The van der Waals surface area contributed by atoms with Crippen LogP contribution < -0.4 is 10.1 Å². The molecule has 2 N–H and O–H groups in total. The maximum atomic E-state index is 11.3. The van der Waals surface area contributed by atoms with Gasteiger partial charge in [0.15, 0.2) is 0 Å². The lowest BCUT2D eigenvalue weighted by Crippen LogP contribution is -2.03. The maximum absolute atomic E-state index is 11.3. The molecule has 3 aromatic rings. The second-order valence-corrected chi connectivity index (χ2v) is 7.38. The van der Waals surface area contributed by atoms with Gasteiger partial charge in [-0.3, -0.25) is 4.79 Å². The molecule has 2 aromatic carbocycles. The number of rotatable bonds is 7. The molecule has 6 heteroatoms. The van der Waals surface area contributed by atoms with Gasteiger partial charge in [-0.15, -0.1) is 0 Å². The molecule has 0 spiro atoms. The fourth-order valence-electron chi connectivity index (χ4n) is 3.59. The molecule has 1 fully saturated rings. The third kappa shape index (κ3) is 4.21. The van der Waals surface area contributed by atoms with Crippen molar-refractivity contribution in [3.8, 4) is 16.9 Å². The second kappa shape index (κ2) is 7.91. The van der Waals surface area contributed by atoms with Gasteiger partial charge in [-0.1, -0.05) is 35.9 Å². The van der Waals surface area contributed by atoms with Gasteiger partial charge in [0.05, 0.1) is 13.0 Å². The van der Waals surface area contributed by atoms with Crippen LogP contribution in [-0.2, 0) is 11.3 Å². The molecule has 29 heavy (non-hydrogen) atoms. The van der Waals surface area contributed by atoms with E-state index in [1.54, 1.807) is 19.5 Å². The summed E-state index contributed by atoms with van der Waals surface area (Å²) in [5.74, 6) is 0.203. The summed E-state index contributed by atoms with van der Waals surface area (Å²) in [6, 6.07) is 14.1. The molecule has 0 saturated heterocycles. The summed E-state index contributed by atoms with van der Waals surface area (Å²) in [4.78, 5) is 20.1. The number of nitrogens with zero attached hydrogens (tertiary/aromatic N) is 2. The summed E-state index contributed by atoms with van der Waals surface area (Å²) in [5.41, 5.74) is 5.15. The number of benzene rings is 2. The summed E-state index contributed by atoms with van der Waals surface area (Å²) >= 11 is 0. The fourth-order valence-corrected chi connectivity index (χ4v) is 3.59. The van der Waals surface area contributed by atoms with E-state index in [1.165, 1.54) is 11.1 Å². The van der Waals surface area contributed by atoms with Crippen molar-refractivity contribution in [2.45, 2.75) is 25.8 Å². The average molecular weight is 389 g/mol. The number of carbonyl (C=O) groups is 1. The number of methoxy groups -OCH3 is 1. The van der Waals surface area contributed by atoms with E-state index in [2.05, 4.69) is 40.4 Å². The van der Waals surface area contributed by atoms with Crippen LogP contribution in [0.3, 0.4) is 0 Å². The molecule has 0 radical (unpaired) electrons. The molecule has 1 aliphatic carbocycles. The van der Waals surface area contributed by atoms with Crippen LogP contribution in [0.5, 0.6) is 5.75 Å². The minimum atomic E-state index is -0.755. The van der Waals surface area contributed by atoms with Crippen molar-refractivity contribution in [1.82, 2.24) is 9.97 Å². The van der Waals surface area contributed by atoms with Crippen molar-refractivity contribution in [1.29, 1.82) is 0 Å². The average Bonchev–Trinajstić information content (AvgIpc) is 3.53. The predicted octanol–water partition coefficient (Wildman–Crippen LogP) is 4.26. The van der Waals surface area contributed by atoms with Crippen LogP contribution in [0.15, 0.2) is 54.9 Å². The van der Waals surface area contributed by atoms with Gasteiger partial charge in [-0.25, -0.2) is 9.97 Å². The molecule has 2 atom stereocenters. The number of aromatic nitrogens is 2. The number of hydrogen-bond donors (Lipinski definition) is 2. The Morgan fingerprint density at radius 3 is 2.62 bits per heavy atom. The molecular formula is C23H23N3O3. The van der Waals surface area contributed by atoms with E-state index in [9.17, 15) is 9.90 Å². The van der Waals surface area contributed by atoms with E-state index >= 15 is 0 Å². The molecule has 0 bridgehead atoms. The summed E-state index contributed by atoms with van der Waals surface area (Å²) in [6.07, 6.45) is 4.20. The van der Waals surface area contributed by atoms with Crippen molar-refractivity contribution in [3.05, 3.63) is 71.5 Å². The van der Waals surface area contributed by atoms with E-state index < -0.39 is 5.97 Å². The quantitative estimate of drug-likeness (QED) is 0.628. The summed E-state index contributed by atoms with van der Waals surface area (Å²) < 4.78 is 5.43. The van der Waals surface area contributed by atoms with Crippen molar-refractivity contribution in [2.75, 3.05) is 12.4 Å². The standard InChI is InChI=1S/C23H23N3O3/c1-14-4-3-5-15(8-14)11-24-23-25-12-17(13-26-23)16-6-7-21(29-2)19(9-16)18-10-20(18)22(27)28/h3-9,12-13,18,20H,10-11H2,1-2H3,(H,27,28)(H,24,25,26). The van der Waals surface area contributed by atoms with Gasteiger partial charge in [-0.05, 0) is 42.2 Å². The molecule has 2 unspecified atom stereocenters. The Bertz CT molecular complexity index is 1030. The lowest BCUT2D eigenvalue weighted by atomic mass is 10.0. The van der Waals surface area contributed by atoms with Crippen LogP contribution >= 0.6 is 0 Å². The molecule has 0 aliphatic heterocycles. The minimum Gasteiger partial charge on any atom is -0.496 e. The Morgan fingerprint density at radius 2 is 1.97 bits per heavy atom. The summed E-state index contributed by atoms with van der Waals surface area (Å²) in [6.45, 7) is 2.73. The molecule has 6 nitrogen and oxygen atoms in total. The first-order valence-electron chi connectivity index (χ1n) is 9.57. The van der Waals surface area contributed by atoms with Crippen LogP contribution in [0.2, 0.25) is 0 Å². The highest BCUT2D eigenvalue weighted by molar-refractivity contribution is 5.76. The lowest BCUT2D eigenvalue weighted by molar-refractivity contribution is -0.138. The largest absolute Gasteiger partial charge is 0.496 e. The number of carboxylic acids is 1. The van der Waals surface area contributed by atoms with E-state index in [0.717, 1.165) is 22.4 Å². The molecule has 148 valence electrons. The van der Waals surface area contributed by atoms with Crippen LogP contribution in [-0.4, -0.2) is 28.2 Å². The second-order valence-electron chi connectivity index (χ2n) is 7.38. The van der Waals surface area contributed by atoms with E-state index in [4.69, 9.17) is 4.74 Å². The lowest BCUT2D eigenvalue weighted by Gasteiger charge is -2.11. The topological polar surface area (TPSA) is 84.3 Å². The Morgan fingerprint density at radius 1 is 1.17 bits per heavy atom. The van der Waals surface area contributed by atoms with E-state index in [0.29, 0.717) is 18.9 Å². The molecule has 0 amide bonds. The normalized spacial score (nSPS) is 17.6. The van der Waals surface area contributed by atoms with Gasteiger partial charge in [-0.2, -0.15) is 0 Å². The highest BCUT2D eigenvalue weighted by Crippen LogP contribution is 2.51. The first kappa shape index (κ1) is 18.9. The van der Waals surface area contributed by atoms with Crippen molar-refractivity contribution in [2.24, 2.45) is 5.92 Å². The smallest absolute Gasteiger partial charge is 0.307 e. The van der Waals surface area contributed by atoms with E-state index in [1.807, 2.05) is 24.3 Å². The van der Waals surface area contributed by atoms with E-state index in [-0.39, 0.29) is 11.8 Å². The number of aliphatic carboxylic acids is 1. The van der Waals surface area contributed by atoms with Crippen LogP contribution in [0.1, 0.15) is 29.0 Å². The highest BCUT2D eigenvalue weighted by atomic mass is 16.5. The molecular weight excluding hydrogens is 366 g/mol. The number of anilines is 1. The zero-order chi connectivity index (χ0) is 20.4. The Labute approximate surface area is 169 Å². The van der Waals surface area contributed by atoms with Crippen LogP contribution in [0.4, 0.5) is 5.95 Å². The summed E-state index contributed by atoms with van der Waals surface area (Å²) in [5, 5.41) is 12.5. The minimum absolute atomic E-state index is 0.00131. The Balaban J connectivity index is 1.49. The third-order valence-corrected chi connectivity index (χ3v) is 5.26. The zero-order valence-electron chi connectivity index (χ0n) is 16.4. The number of nitrogens with one attached hydrogen (secondary N) is 1. The highest BCUT2D eigenvalue weighted by Gasteiger charge is 2.45. The van der Waals surface area contributed by atoms with Crippen LogP contribution in [0.25, 0.3) is 11.1 Å². The third-order valence-electron chi connectivity index (χ3n) is 5.26. The first-order chi connectivity index (χ1) is 14.0. The van der Waals surface area contributed by atoms with Crippen molar-refractivity contribution < 1.29 is 14.6 Å². The van der Waals surface area contributed by atoms with Gasteiger partial charge in [0, 0.05) is 30.4 Å². The Kier molecular flexibility index (Phi) is 5.16. The van der Waals surface area contributed by atoms with Crippen molar-refractivity contribution in [3.63, 3.8) is 0 Å². The van der Waals surface area contributed by atoms with Gasteiger partial charge < -0.3 is 15.2 Å². The predicted molar refractivity (Wildman–Crippen MR) is 111 cm³/mol.